The van der Waals surface area contributed by atoms with E-state index in [-0.39, 0.29) is 0 Å². The first kappa shape index (κ1) is 16.5. The Hall–Kier alpha value is -1.55. The fraction of sp³-hybridized carbons (Fsp3) is 0.562. The maximum absolute atomic E-state index is 4.23. The predicted molar refractivity (Wildman–Crippen MR) is 87.3 cm³/mol. The fourth-order valence-corrected chi connectivity index (χ4v) is 1.97. The molecule has 1 aromatic rings. The van der Waals surface area contributed by atoms with Crippen molar-refractivity contribution in [1.29, 1.82) is 0 Å². The van der Waals surface area contributed by atoms with Crippen LogP contribution in [0.2, 0.25) is 0 Å². The number of hydrogen-bond donors (Lipinski definition) is 2. The molecule has 0 aromatic heterocycles. The Labute approximate surface area is 123 Å². The van der Waals surface area contributed by atoms with Crippen molar-refractivity contribution in [3.05, 3.63) is 35.9 Å². The van der Waals surface area contributed by atoms with Crippen LogP contribution in [0, 0.1) is 0 Å². The zero-order valence-electron chi connectivity index (χ0n) is 13.0. The Bertz CT molecular complexity index is 373. The van der Waals surface area contributed by atoms with E-state index in [1.807, 2.05) is 7.05 Å². The summed E-state index contributed by atoms with van der Waals surface area (Å²) in [5.74, 6) is 0.900. The summed E-state index contributed by atoms with van der Waals surface area (Å²) in [6.07, 6.45) is 3.34. The standard InChI is InChI=1S/C16H28N4/c1-17-16(19-13-8-14-20(2)3)18-12-7-11-15-9-5-4-6-10-15/h4-6,9-10H,7-8,11-14H2,1-3H3,(H2,17,18,19). The monoisotopic (exact) mass is 276 g/mol. The van der Waals surface area contributed by atoms with Crippen molar-refractivity contribution >= 4 is 5.96 Å². The first-order valence-electron chi connectivity index (χ1n) is 7.35. The molecule has 112 valence electrons. The van der Waals surface area contributed by atoms with Crippen LogP contribution in [0.25, 0.3) is 0 Å². The molecule has 0 aliphatic heterocycles. The second-order valence-corrected chi connectivity index (χ2v) is 5.17. The highest BCUT2D eigenvalue weighted by Crippen LogP contribution is 2.01. The van der Waals surface area contributed by atoms with E-state index >= 15 is 0 Å². The lowest BCUT2D eigenvalue weighted by atomic mass is 10.1. The Morgan fingerprint density at radius 2 is 1.70 bits per heavy atom. The lowest BCUT2D eigenvalue weighted by Gasteiger charge is -2.13. The minimum Gasteiger partial charge on any atom is -0.356 e. The van der Waals surface area contributed by atoms with Gasteiger partial charge in [0.2, 0.25) is 0 Å². The highest BCUT2D eigenvalue weighted by molar-refractivity contribution is 5.79. The van der Waals surface area contributed by atoms with Crippen molar-refractivity contribution < 1.29 is 0 Å². The molecule has 0 bridgehead atoms. The molecule has 2 N–H and O–H groups in total. The third-order valence-corrected chi connectivity index (χ3v) is 3.08. The van der Waals surface area contributed by atoms with Crippen LogP contribution in [-0.4, -0.2) is 51.6 Å². The van der Waals surface area contributed by atoms with Crippen LogP contribution in [0.3, 0.4) is 0 Å². The molecule has 0 unspecified atom stereocenters. The van der Waals surface area contributed by atoms with Gasteiger partial charge in [-0.3, -0.25) is 4.99 Å². The van der Waals surface area contributed by atoms with Gasteiger partial charge >= 0.3 is 0 Å². The highest BCUT2D eigenvalue weighted by atomic mass is 15.2. The Balaban J connectivity index is 2.09. The van der Waals surface area contributed by atoms with Gasteiger partial charge in [0.25, 0.3) is 0 Å². The second kappa shape index (κ2) is 10.3. The quantitative estimate of drug-likeness (QED) is 0.431. The predicted octanol–water partition coefficient (Wildman–Crippen LogP) is 1.74. The largest absolute Gasteiger partial charge is 0.356 e. The van der Waals surface area contributed by atoms with Crippen LogP contribution in [0.15, 0.2) is 35.3 Å². The summed E-state index contributed by atoms with van der Waals surface area (Å²) in [6.45, 7) is 3.00. The van der Waals surface area contributed by atoms with E-state index in [1.165, 1.54) is 5.56 Å². The first-order valence-corrected chi connectivity index (χ1v) is 7.35. The van der Waals surface area contributed by atoms with Crippen LogP contribution in [0.5, 0.6) is 0 Å². The average Bonchev–Trinajstić information content (AvgIpc) is 2.46. The van der Waals surface area contributed by atoms with E-state index in [9.17, 15) is 0 Å². The van der Waals surface area contributed by atoms with Crippen LogP contribution in [-0.2, 0) is 6.42 Å². The smallest absolute Gasteiger partial charge is 0.190 e. The molecule has 20 heavy (non-hydrogen) atoms. The van der Waals surface area contributed by atoms with Gasteiger partial charge in [0, 0.05) is 20.1 Å². The topological polar surface area (TPSA) is 39.7 Å². The van der Waals surface area contributed by atoms with Gasteiger partial charge in [-0.15, -0.1) is 0 Å². The van der Waals surface area contributed by atoms with E-state index in [0.717, 1.165) is 44.9 Å². The van der Waals surface area contributed by atoms with Crippen molar-refractivity contribution in [2.75, 3.05) is 40.8 Å². The van der Waals surface area contributed by atoms with Crippen molar-refractivity contribution in [3.8, 4) is 0 Å². The molecular weight excluding hydrogens is 248 g/mol. The van der Waals surface area contributed by atoms with Gasteiger partial charge in [0.15, 0.2) is 5.96 Å². The third kappa shape index (κ3) is 7.79. The lowest BCUT2D eigenvalue weighted by molar-refractivity contribution is 0.399. The number of rotatable bonds is 8. The molecule has 4 nitrogen and oxygen atoms in total. The van der Waals surface area contributed by atoms with Gasteiger partial charge in [-0.1, -0.05) is 30.3 Å². The van der Waals surface area contributed by atoms with Crippen molar-refractivity contribution in [2.24, 2.45) is 4.99 Å². The number of benzene rings is 1. The number of aliphatic imine (C=N–C) groups is 1. The van der Waals surface area contributed by atoms with Gasteiger partial charge in [-0.25, -0.2) is 0 Å². The summed E-state index contributed by atoms with van der Waals surface area (Å²) < 4.78 is 0. The first-order chi connectivity index (χ1) is 9.72. The zero-order valence-corrected chi connectivity index (χ0v) is 13.0. The second-order valence-electron chi connectivity index (χ2n) is 5.17. The van der Waals surface area contributed by atoms with Crippen LogP contribution < -0.4 is 10.6 Å². The molecule has 1 aromatic carbocycles. The zero-order chi connectivity index (χ0) is 14.6. The summed E-state index contributed by atoms with van der Waals surface area (Å²) in [5, 5.41) is 6.69. The summed E-state index contributed by atoms with van der Waals surface area (Å²) >= 11 is 0. The van der Waals surface area contributed by atoms with Crippen molar-refractivity contribution in [3.63, 3.8) is 0 Å². The molecule has 0 atom stereocenters. The van der Waals surface area contributed by atoms with E-state index in [0.29, 0.717) is 0 Å². The summed E-state index contributed by atoms with van der Waals surface area (Å²) in [4.78, 5) is 6.42. The van der Waals surface area contributed by atoms with Crippen LogP contribution in [0.1, 0.15) is 18.4 Å². The highest BCUT2D eigenvalue weighted by Gasteiger charge is 1.97. The van der Waals surface area contributed by atoms with Crippen LogP contribution >= 0.6 is 0 Å². The van der Waals surface area contributed by atoms with E-state index in [4.69, 9.17) is 0 Å². The molecule has 0 saturated carbocycles. The Morgan fingerprint density at radius 3 is 2.30 bits per heavy atom. The van der Waals surface area contributed by atoms with Gasteiger partial charge in [0.1, 0.15) is 0 Å². The van der Waals surface area contributed by atoms with Gasteiger partial charge in [-0.05, 0) is 45.5 Å². The Morgan fingerprint density at radius 1 is 1.05 bits per heavy atom. The van der Waals surface area contributed by atoms with Crippen LogP contribution in [0.4, 0.5) is 0 Å². The van der Waals surface area contributed by atoms with E-state index in [2.05, 4.69) is 65.0 Å². The molecule has 0 amide bonds. The number of hydrogen-bond acceptors (Lipinski definition) is 2. The number of guanidine groups is 1. The molecule has 0 saturated heterocycles. The minimum atomic E-state index is 0.900. The maximum Gasteiger partial charge on any atom is 0.190 e. The third-order valence-electron chi connectivity index (χ3n) is 3.08. The molecule has 0 radical (unpaired) electrons. The molecule has 4 heteroatoms. The molecule has 0 aliphatic rings. The normalized spacial score (nSPS) is 11.7. The lowest BCUT2D eigenvalue weighted by Crippen LogP contribution is -2.38. The molecule has 0 fully saturated rings. The van der Waals surface area contributed by atoms with E-state index < -0.39 is 0 Å². The van der Waals surface area contributed by atoms with Gasteiger partial charge in [0.05, 0.1) is 0 Å². The fourth-order valence-electron chi connectivity index (χ4n) is 1.97. The number of nitrogens with one attached hydrogen (secondary N) is 2. The Kier molecular flexibility index (Phi) is 8.47. The average molecular weight is 276 g/mol. The minimum absolute atomic E-state index is 0.900. The summed E-state index contributed by atoms with van der Waals surface area (Å²) in [5.41, 5.74) is 1.39. The van der Waals surface area contributed by atoms with E-state index in [1.54, 1.807) is 0 Å². The molecular formula is C16H28N4. The molecule has 1 rings (SSSR count). The molecule has 0 heterocycles. The number of nitrogens with zero attached hydrogens (tertiary/aromatic N) is 2. The van der Waals surface area contributed by atoms with Crippen molar-refractivity contribution in [2.45, 2.75) is 19.3 Å². The molecule has 0 aliphatic carbocycles. The number of aryl methyl sites for hydroxylation is 1. The van der Waals surface area contributed by atoms with Gasteiger partial charge < -0.3 is 15.5 Å². The van der Waals surface area contributed by atoms with Crippen molar-refractivity contribution in [1.82, 2.24) is 15.5 Å². The SMILES string of the molecule is CN=C(NCCCc1ccccc1)NCCCN(C)C. The molecule has 0 spiro atoms. The summed E-state index contributed by atoms with van der Waals surface area (Å²) in [6, 6.07) is 10.6. The summed E-state index contributed by atoms with van der Waals surface area (Å²) in [7, 11) is 6.01. The maximum atomic E-state index is 4.23. The van der Waals surface area contributed by atoms with Gasteiger partial charge in [-0.2, -0.15) is 0 Å².